The molecular formula is C18H27N3O3. The van der Waals surface area contributed by atoms with Gasteiger partial charge in [-0.3, -0.25) is 9.69 Å². The van der Waals surface area contributed by atoms with E-state index in [1.807, 2.05) is 32.0 Å². The largest absolute Gasteiger partial charge is 0.463 e. The molecule has 1 aliphatic heterocycles. The number of carbonyl (C=O) groups is 2. The molecule has 1 aliphatic rings. The molecule has 1 aromatic carbocycles. The fraction of sp³-hybridized carbons (Fsp3) is 0.556. The second-order valence-electron chi connectivity index (χ2n) is 6.27. The summed E-state index contributed by atoms with van der Waals surface area (Å²) in [6.07, 6.45) is 0.0867. The van der Waals surface area contributed by atoms with Crippen LogP contribution in [-0.4, -0.2) is 60.6 Å². The number of urea groups is 1. The molecule has 0 aromatic heterocycles. The standard InChI is InChI=1S/C18H27N3O3/c1-15(2)24-17(22)8-9-19-18(23)21-12-10-20(11-13-21)14-16-6-4-3-5-7-16/h3-7,15H,8-14H2,1-2H3,(H,19,23). The molecule has 1 heterocycles. The van der Waals surface area contributed by atoms with Gasteiger partial charge in [-0.1, -0.05) is 30.3 Å². The summed E-state index contributed by atoms with van der Waals surface area (Å²) in [5, 5.41) is 2.79. The summed E-state index contributed by atoms with van der Waals surface area (Å²) in [7, 11) is 0. The van der Waals surface area contributed by atoms with Crippen molar-refractivity contribution in [2.75, 3.05) is 32.7 Å². The number of piperazine rings is 1. The Balaban J connectivity index is 1.64. The van der Waals surface area contributed by atoms with Gasteiger partial charge in [0.25, 0.3) is 0 Å². The van der Waals surface area contributed by atoms with Crippen LogP contribution in [0.1, 0.15) is 25.8 Å². The zero-order chi connectivity index (χ0) is 17.4. The van der Waals surface area contributed by atoms with Crippen molar-refractivity contribution < 1.29 is 14.3 Å². The van der Waals surface area contributed by atoms with Gasteiger partial charge in [0.15, 0.2) is 0 Å². The number of esters is 1. The van der Waals surface area contributed by atoms with Crippen LogP contribution in [-0.2, 0) is 16.1 Å². The molecule has 1 N–H and O–H groups in total. The highest BCUT2D eigenvalue weighted by molar-refractivity contribution is 5.75. The first-order valence-corrected chi connectivity index (χ1v) is 8.53. The third-order valence-corrected chi connectivity index (χ3v) is 3.88. The van der Waals surface area contributed by atoms with Crippen molar-refractivity contribution in [3.8, 4) is 0 Å². The minimum absolute atomic E-state index is 0.105. The molecule has 2 rings (SSSR count). The number of nitrogens with one attached hydrogen (secondary N) is 1. The number of hydrogen-bond donors (Lipinski definition) is 1. The van der Waals surface area contributed by atoms with Gasteiger partial charge in [0, 0.05) is 39.3 Å². The quantitative estimate of drug-likeness (QED) is 0.807. The first-order chi connectivity index (χ1) is 11.5. The SMILES string of the molecule is CC(C)OC(=O)CCNC(=O)N1CCN(Cc2ccccc2)CC1. The number of nitrogens with zero attached hydrogens (tertiary/aromatic N) is 2. The van der Waals surface area contributed by atoms with E-state index in [1.54, 1.807) is 4.90 Å². The van der Waals surface area contributed by atoms with E-state index in [2.05, 4.69) is 22.3 Å². The fourth-order valence-electron chi connectivity index (χ4n) is 2.66. The molecule has 0 radical (unpaired) electrons. The summed E-state index contributed by atoms with van der Waals surface area (Å²) in [5.74, 6) is -0.280. The van der Waals surface area contributed by atoms with Crippen molar-refractivity contribution in [3.63, 3.8) is 0 Å². The minimum Gasteiger partial charge on any atom is -0.463 e. The minimum atomic E-state index is -0.280. The van der Waals surface area contributed by atoms with Gasteiger partial charge in [-0.25, -0.2) is 4.79 Å². The van der Waals surface area contributed by atoms with E-state index in [-0.39, 0.29) is 24.5 Å². The second-order valence-corrected chi connectivity index (χ2v) is 6.27. The van der Waals surface area contributed by atoms with E-state index in [4.69, 9.17) is 4.74 Å². The number of amides is 2. The molecule has 0 bridgehead atoms. The van der Waals surface area contributed by atoms with Crippen LogP contribution >= 0.6 is 0 Å². The van der Waals surface area contributed by atoms with E-state index >= 15 is 0 Å². The third kappa shape index (κ3) is 6.20. The van der Waals surface area contributed by atoms with Gasteiger partial charge in [0.05, 0.1) is 12.5 Å². The molecular weight excluding hydrogens is 306 g/mol. The first-order valence-electron chi connectivity index (χ1n) is 8.53. The normalized spacial score (nSPS) is 15.4. The lowest BCUT2D eigenvalue weighted by Crippen LogP contribution is -2.51. The molecule has 0 atom stereocenters. The maximum absolute atomic E-state index is 12.1. The summed E-state index contributed by atoms with van der Waals surface area (Å²) < 4.78 is 5.04. The molecule has 1 fully saturated rings. The van der Waals surface area contributed by atoms with Gasteiger partial charge in [-0.05, 0) is 19.4 Å². The monoisotopic (exact) mass is 333 g/mol. The predicted molar refractivity (Wildman–Crippen MR) is 92.5 cm³/mol. The zero-order valence-electron chi connectivity index (χ0n) is 14.5. The lowest BCUT2D eigenvalue weighted by atomic mass is 10.2. The van der Waals surface area contributed by atoms with Gasteiger partial charge in [-0.15, -0.1) is 0 Å². The van der Waals surface area contributed by atoms with E-state index in [0.29, 0.717) is 19.6 Å². The number of rotatable bonds is 6. The van der Waals surface area contributed by atoms with Crippen molar-refractivity contribution in [1.29, 1.82) is 0 Å². The smallest absolute Gasteiger partial charge is 0.317 e. The molecule has 24 heavy (non-hydrogen) atoms. The maximum Gasteiger partial charge on any atom is 0.317 e. The average molecular weight is 333 g/mol. The molecule has 0 unspecified atom stereocenters. The van der Waals surface area contributed by atoms with Crippen LogP contribution in [0.3, 0.4) is 0 Å². The van der Waals surface area contributed by atoms with Crippen LogP contribution in [0.2, 0.25) is 0 Å². The number of ether oxygens (including phenoxy) is 1. The molecule has 0 spiro atoms. The van der Waals surface area contributed by atoms with E-state index < -0.39 is 0 Å². The Kier molecular flexibility index (Phi) is 7.06. The number of carbonyl (C=O) groups excluding carboxylic acids is 2. The molecule has 132 valence electrons. The van der Waals surface area contributed by atoms with Crippen LogP contribution in [0, 0.1) is 0 Å². The van der Waals surface area contributed by atoms with Crippen molar-refractivity contribution in [1.82, 2.24) is 15.1 Å². The zero-order valence-corrected chi connectivity index (χ0v) is 14.5. The molecule has 0 saturated carbocycles. The van der Waals surface area contributed by atoms with Crippen LogP contribution in [0.25, 0.3) is 0 Å². The molecule has 6 heteroatoms. The predicted octanol–water partition coefficient (Wildman–Crippen LogP) is 1.86. The Morgan fingerprint density at radius 1 is 1.12 bits per heavy atom. The average Bonchev–Trinajstić information content (AvgIpc) is 2.55. The van der Waals surface area contributed by atoms with Gasteiger partial charge in [0.1, 0.15) is 0 Å². The topological polar surface area (TPSA) is 61.9 Å². The summed E-state index contributed by atoms with van der Waals surface area (Å²) in [6.45, 7) is 7.97. The molecule has 1 aromatic rings. The van der Waals surface area contributed by atoms with E-state index in [1.165, 1.54) is 5.56 Å². The van der Waals surface area contributed by atoms with Crippen molar-refractivity contribution in [3.05, 3.63) is 35.9 Å². The van der Waals surface area contributed by atoms with Crippen LogP contribution < -0.4 is 5.32 Å². The Labute approximate surface area is 143 Å². The van der Waals surface area contributed by atoms with E-state index in [9.17, 15) is 9.59 Å². The Bertz CT molecular complexity index is 526. The summed E-state index contributed by atoms with van der Waals surface area (Å²) >= 11 is 0. The van der Waals surface area contributed by atoms with Crippen molar-refractivity contribution in [2.45, 2.75) is 32.9 Å². The van der Waals surface area contributed by atoms with Crippen molar-refractivity contribution in [2.24, 2.45) is 0 Å². The van der Waals surface area contributed by atoms with Gasteiger partial charge < -0.3 is 15.0 Å². The van der Waals surface area contributed by atoms with Gasteiger partial charge in [0.2, 0.25) is 0 Å². The lowest BCUT2D eigenvalue weighted by Gasteiger charge is -2.34. The second kappa shape index (κ2) is 9.27. The summed E-state index contributed by atoms with van der Waals surface area (Å²) in [5.41, 5.74) is 1.29. The Hall–Kier alpha value is -2.08. The molecule has 0 aliphatic carbocycles. The fourth-order valence-corrected chi connectivity index (χ4v) is 2.66. The summed E-state index contributed by atoms with van der Waals surface area (Å²) in [4.78, 5) is 27.7. The van der Waals surface area contributed by atoms with Crippen LogP contribution in [0.4, 0.5) is 4.79 Å². The van der Waals surface area contributed by atoms with Gasteiger partial charge >= 0.3 is 12.0 Å². The molecule has 6 nitrogen and oxygen atoms in total. The molecule has 2 amide bonds. The first kappa shape index (κ1) is 18.3. The van der Waals surface area contributed by atoms with E-state index in [0.717, 1.165) is 19.6 Å². The van der Waals surface area contributed by atoms with Crippen LogP contribution in [0.5, 0.6) is 0 Å². The maximum atomic E-state index is 12.1. The highest BCUT2D eigenvalue weighted by Gasteiger charge is 2.21. The highest BCUT2D eigenvalue weighted by Crippen LogP contribution is 2.08. The molecule has 1 saturated heterocycles. The van der Waals surface area contributed by atoms with Gasteiger partial charge in [-0.2, -0.15) is 0 Å². The Morgan fingerprint density at radius 2 is 1.79 bits per heavy atom. The number of benzene rings is 1. The lowest BCUT2D eigenvalue weighted by molar-refractivity contribution is -0.147. The van der Waals surface area contributed by atoms with Crippen molar-refractivity contribution >= 4 is 12.0 Å². The number of hydrogen-bond acceptors (Lipinski definition) is 4. The highest BCUT2D eigenvalue weighted by atomic mass is 16.5. The third-order valence-electron chi connectivity index (χ3n) is 3.88. The van der Waals surface area contributed by atoms with Crippen LogP contribution in [0.15, 0.2) is 30.3 Å². The summed E-state index contributed by atoms with van der Waals surface area (Å²) in [6, 6.07) is 10.2. The Morgan fingerprint density at radius 3 is 2.42 bits per heavy atom.